The van der Waals surface area contributed by atoms with E-state index >= 15 is 0 Å². The number of rotatable bonds is 4. The Balaban J connectivity index is 3.31. The maximum atomic E-state index is 11.8. The normalized spacial score (nSPS) is 10.8. The van der Waals surface area contributed by atoms with E-state index in [1.165, 1.54) is 19.2 Å². The quantitative estimate of drug-likeness (QED) is 0.788. The SMILES string of the molecule is CCCS(=O)(=O)c1ccc(OC)nc1C#N. The van der Waals surface area contributed by atoms with E-state index in [4.69, 9.17) is 10.00 Å². The van der Waals surface area contributed by atoms with Crippen molar-refractivity contribution in [2.45, 2.75) is 18.2 Å². The molecule has 16 heavy (non-hydrogen) atoms. The Morgan fingerprint density at radius 2 is 2.19 bits per heavy atom. The highest BCUT2D eigenvalue weighted by molar-refractivity contribution is 7.91. The molecule has 1 aromatic heterocycles. The lowest BCUT2D eigenvalue weighted by Gasteiger charge is -2.05. The van der Waals surface area contributed by atoms with Crippen LogP contribution >= 0.6 is 0 Å². The number of methoxy groups -OCH3 is 1. The fraction of sp³-hybridized carbons (Fsp3) is 0.400. The molecule has 0 fully saturated rings. The third kappa shape index (κ3) is 2.49. The van der Waals surface area contributed by atoms with Crippen LogP contribution in [-0.2, 0) is 9.84 Å². The smallest absolute Gasteiger partial charge is 0.214 e. The summed E-state index contributed by atoms with van der Waals surface area (Å²) in [5.41, 5.74) is -0.118. The summed E-state index contributed by atoms with van der Waals surface area (Å²) in [6.45, 7) is 1.76. The average molecular weight is 240 g/mol. The predicted molar refractivity (Wildman–Crippen MR) is 57.8 cm³/mol. The zero-order valence-corrected chi connectivity index (χ0v) is 9.91. The molecule has 0 radical (unpaired) electrons. The Morgan fingerprint density at radius 3 is 2.69 bits per heavy atom. The molecule has 0 unspecified atom stereocenters. The molecule has 1 aromatic rings. The van der Waals surface area contributed by atoms with Crippen LogP contribution in [0.1, 0.15) is 19.0 Å². The second-order valence-corrected chi connectivity index (χ2v) is 5.21. The van der Waals surface area contributed by atoms with Crippen LogP contribution in [0.2, 0.25) is 0 Å². The highest BCUT2D eigenvalue weighted by Crippen LogP contribution is 2.19. The first-order chi connectivity index (χ1) is 7.55. The maximum Gasteiger partial charge on any atom is 0.214 e. The first-order valence-corrected chi connectivity index (χ1v) is 6.38. The predicted octanol–water partition coefficient (Wildman–Crippen LogP) is 1.15. The minimum absolute atomic E-state index is 0.00961. The van der Waals surface area contributed by atoms with Crippen molar-refractivity contribution in [3.8, 4) is 11.9 Å². The number of nitriles is 1. The third-order valence-electron chi connectivity index (χ3n) is 1.96. The van der Waals surface area contributed by atoms with Crippen LogP contribution in [0.3, 0.4) is 0 Å². The molecule has 1 rings (SSSR count). The number of aromatic nitrogens is 1. The lowest BCUT2D eigenvalue weighted by atomic mass is 10.4. The molecule has 0 spiro atoms. The first kappa shape index (κ1) is 12.5. The van der Waals surface area contributed by atoms with Crippen molar-refractivity contribution in [1.82, 2.24) is 4.98 Å². The van der Waals surface area contributed by atoms with Gasteiger partial charge in [-0.05, 0) is 12.5 Å². The minimum atomic E-state index is -3.42. The summed E-state index contributed by atoms with van der Waals surface area (Å²) in [6, 6.07) is 4.55. The van der Waals surface area contributed by atoms with Gasteiger partial charge in [-0.15, -0.1) is 0 Å². The summed E-state index contributed by atoms with van der Waals surface area (Å²) < 4.78 is 28.4. The van der Waals surface area contributed by atoms with Gasteiger partial charge in [0.1, 0.15) is 11.0 Å². The molecule has 0 N–H and O–H groups in total. The van der Waals surface area contributed by atoms with Crippen LogP contribution < -0.4 is 4.74 Å². The molecule has 0 aliphatic carbocycles. The summed E-state index contributed by atoms with van der Waals surface area (Å²) in [7, 11) is -2.01. The van der Waals surface area contributed by atoms with Gasteiger partial charge in [0, 0.05) is 6.07 Å². The van der Waals surface area contributed by atoms with Gasteiger partial charge in [0.25, 0.3) is 0 Å². The van der Waals surface area contributed by atoms with Crippen molar-refractivity contribution in [2.24, 2.45) is 0 Å². The lowest BCUT2D eigenvalue weighted by Crippen LogP contribution is -2.09. The molecule has 6 heteroatoms. The van der Waals surface area contributed by atoms with Gasteiger partial charge < -0.3 is 4.74 Å². The number of sulfone groups is 1. The van der Waals surface area contributed by atoms with E-state index in [0.29, 0.717) is 6.42 Å². The van der Waals surface area contributed by atoms with E-state index in [2.05, 4.69) is 4.98 Å². The monoisotopic (exact) mass is 240 g/mol. The molecule has 0 aliphatic heterocycles. The van der Waals surface area contributed by atoms with Gasteiger partial charge in [0.15, 0.2) is 15.5 Å². The standard InChI is InChI=1S/C10H12N2O3S/c1-3-6-16(13,14)9-4-5-10(15-2)12-8(9)7-11/h4-5H,3,6H2,1-2H3. The molecule has 0 atom stereocenters. The number of nitrogens with zero attached hydrogens (tertiary/aromatic N) is 2. The third-order valence-corrected chi connectivity index (χ3v) is 3.90. The topological polar surface area (TPSA) is 80.1 Å². The summed E-state index contributed by atoms with van der Waals surface area (Å²) in [5, 5.41) is 8.84. The van der Waals surface area contributed by atoms with Crippen molar-refractivity contribution in [1.29, 1.82) is 5.26 Å². The van der Waals surface area contributed by atoms with Gasteiger partial charge in [-0.25, -0.2) is 13.4 Å². The highest BCUT2D eigenvalue weighted by atomic mass is 32.2. The van der Waals surface area contributed by atoms with Crippen molar-refractivity contribution in [3.63, 3.8) is 0 Å². The Morgan fingerprint density at radius 1 is 1.50 bits per heavy atom. The van der Waals surface area contributed by atoms with E-state index < -0.39 is 9.84 Å². The molecule has 0 saturated heterocycles. The largest absolute Gasteiger partial charge is 0.481 e. The molecule has 0 bridgehead atoms. The second-order valence-electron chi connectivity index (χ2n) is 3.13. The van der Waals surface area contributed by atoms with Gasteiger partial charge in [-0.2, -0.15) is 5.26 Å². The van der Waals surface area contributed by atoms with E-state index in [9.17, 15) is 8.42 Å². The molecular weight excluding hydrogens is 228 g/mol. The average Bonchev–Trinajstić information content (AvgIpc) is 2.28. The zero-order chi connectivity index (χ0) is 12.2. The zero-order valence-electron chi connectivity index (χ0n) is 9.10. The van der Waals surface area contributed by atoms with Crippen LogP contribution in [-0.4, -0.2) is 26.3 Å². The Kier molecular flexibility index (Phi) is 3.85. The van der Waals surface area contributed by atoms with E-state index in [0.717, 1.165) is 0 Å². The fourth-order valence-electron chi connectivity index (χ4n) is 1.25. The van der Waals surface area contributed by atoms with E-state index in [1.54, 1.807) is 13.0 Å². The van der Waals surface area contributed by atoms with Crippen molar-refractivity contribution in [2.75, 3.05) is 12.9 Å². The van der Waals surface area contributed by atoms with Gasteiger partial charge in [-0.3, -0.25) is 0 Å². The lowest BCUT2D eigenvalue weighted by molar-refractivity contribution is 0.396. The number of hydrogen-bond acceptors (Lipinski definition) is 5. The van der Waals surface area contributed by atoms with Gasteiger partial charge in [0.05, 0.1) is 12.9 Å². The minimum Gasteiger partial charge on any atom is -0.481 e. The summed E-state index contributed by atoms with van der Waals surface area (Å²) in [6.07, 6.45) is 0.499. The molecule has 0 aromatic carbocycles. The maximum absolute atomic E-state index is 11.8. The van der Waals surface area contributed by atoms with Crippen molar-refractivity contribution >= 4 is 9.84 Å². The molecule has 0 saturated carbocycles. The van der Waals surface area contributed by atoms with Crippen LogP contribution in [0.15, 0.2) is 17.0 Å². The number of ether oxygens (including phenoxy) is 1. The van der Waals surface area contributed by atoms with Crippen LogP contribution in [0, 0.1) is 11.3 Å². The number of hydrogen-bond donors (Lipinski definition) is 0. The molecule has 86 valence electrons. The molecule has 0 amide bonds. The summed E-state index contributed by atoms with van der Waals surface area (Å²) >= 11 is 0. The second kappa shape index (κ2) is 4.94. The Labute approximate surface area is 94.6 Å². The van der Waals surface area contributed by atoms with Crippen molar-refractivity contribution in [3.05, 3.63) is 17.8 Å². The summed E-state index contributed by atoms with van der Waals surface area (Å²) in [4.78, 5) is 3.77. The first-order valence-electron chi connectivity index (χ1n) is 4.73. The van der Waals surface area contributed by atoms with Gasteiger partial charge in [-0.1, -0.05) is 6.92 Å². The van der Waals surface area contributed by atoms with Crippen LogP contribution in [0.25, 0.3) is 0 Å². The van der Waals surface area contributed by atoms with Crippen LogP contribution in [0.5, 0.6) is 5.88 Å². The Bertz CT molecular complexity index is 517. The molecular formula is C10H12N2O3S. The highest BCUT2D eigenvalue weighted by Gasteiger charge is 2.19. The fourth-order valence-corrected chi connectivity index (χ4v) is 2.67. The van der Waals surface area contributed by atoms with E-state index in [-0.39, 0.29) is 22.2 Å². The molecule has 5 nitrogen and oxygen atoms in total. The van der Waals surface area contributed by atoms with Gasteiger partial charge >= 0.3 is 0 Å². The Hall–Kier alpha value is -1.61. The van der Waals surface area contributed by atoms with Gasteiger partial charge in [0.2, 0.25) is 5.88 Å². The summed E-state index contributed by atoms with van der Waals surface area (Å²) in [5.74, 6) is 0.238. The van der Waals surface area contributed by atoms with Crippen LogP contribution in [0.4, 0.5) is 0 Å². The van der Waals surface area contributed by atoms with Crippen molar-refractivity contribution < 1.29 is 13.2 Å². The molecule has 0 aliphatic rings. The number of pyridine rings is 1. The molecule has 1 heterocycles. The van der Waals surface area contributed by atoms with E-state index in [1.807, 2.05) is 0 Å².